The molecule has 1 aromatic carbocycles. The lowest BCUT2D eigenvalue weighted by Crippen LogP contribution is -2.24. The number of nitrogens with zero attached hydrogens (tertiary/aromatic N) is 1. The van der Waals surface area contributed by atoms with Crippen LogP contribution in [0.1, 0.15) is 25.7 Å². The van der Waals surface area contributed by atoms with Gasteiger partial charge in [-0.15, -0.1) is 0 Å². The molecule has 3 nitrogen and oxygen atoms in total. The quantitative estimate of drug-likeness (QED) is 0.776. The summed E-state index contributed by atoms with van der Waals surface area (Å²) >= 11 is 1.89. The molecule has 1 aromatic rings. The third kappa shape index (κ3) is 3.90. The number of anilines is 2. The molecule has 4 heteroatoms. The number of para-hydroxylation sites is 2. The van der Waals surface area contributed by atoms with Crippen molar-refractivity contribution in [1.82, 2.24) is 0 Å². The molecule has 0 saturated carbocycles. The van der Waals surface area contributed by atoms with E-state index < -0.39 is 0 Å². The SMILES string of the molecule is CSCCCCNc1ccccc1N1CCCC1=O. The lowest BCUT2D eigenvalue weighted by Gasteiger charge is -2.20. The molecule has 104 valence electrons. The second-order valence-electron chi connectivity index (χ2n) is 4.79. The molecule has 0 aromatic heterocycles. The van der Waals surface area contributed by atoms with Gasteiger partial charge in [0.05, 0.1) is 11.4 Å². The second kappa shape index (κ2) is 7.43. The Bertz CT molecular complexity index is 422. The molecule has 1 heterocycles. The largest absolute Gasteiger partial charge is 0.383 e. The molecular formula is C15H22N2OS. The van der Waals surface area contributed by atoms with Gasteiger partial charge >= 0.3 is 0 Å². The molecule has 19 heavy (non-hydrogen) atoms. The fourth-order valence-electron chi connectivity index (χ4n) is 2.36. The van der Waals surface area contributed by atoms with Crippen LogP contribution in [0.15, 0.2) is 24.3 Å². The number of nitrogens with one attached hydrogen (secondary N) is 1. The zero-order valence-electron chi connectivity index (χ0n) is 11.5. The first-order chi connectivity index (χ1) is 9.33. The Morgan fingerprint density at radius 2 is 2.16 bits per heavy atom. The van der Waals surface area contributed by atoms with Gasteiger partial charge in [0.25, 0.3) is 0 Å². The Morgan fingerprint density at radius 3 is 2.89 bits per heavy atom. The smallest absolute Gasteiger partial charge is 0.227 e. The molecule has 0 spiro atoms. The molecule has 0 atom stereocenters. The number of rotatable bonds is 7. The Labute approximate surface area is 119 Å². The van der Waals surface area contributed by atoms with Crippen LogP contribution in [0, 0.1) is 0 Å². The Hall–Kier alpha value is -1.16. The molecule has 0 aliphatic carbocycles. The van der Waals surface area contributed by atoms with Crippen molar-refractivity contribution >= 4 is 29.0 Å². The van der Waals surface area contributed by atoms with Crippen molar-refractivity contribution in [2.24, 2.45) is 0 Å². The van der Waals surface area contributed by atoms with E-state index in [1.807, 2.05) is 34.9 Å². The van der Waals surface area contributed by atoms with Crippen LogP contribution in [-0.2, 0) is 4.79 Å². The first kappa shape index (κ1) is 14.3. The number of amides is 1. The average molecular weight is 278 g/mol. The van der Waals surface area contributed by atoms with E-state index >= 15 is 0 Å². The van der Waals surface area contributed by atoms with Crippen LogP contribution < -0.4 is 10.2 Å². The van der Waals surface area contributed by atoms with Crippen molar-refractivity contribution in [2.75, 3.05) is 35.3 Å². The summed E-state index contributed by atoms with van der Waals surface area (Å²) in [4.78, 5) is 13.7. The van der Waals surface area contributed by atoms with E-state index in [0.717, 1.165) is 30.9 Å². The maximum absolute atomic E-state index is 11.8. The van der Waals surface area contributed by atoms with Crippen molar-refractivity contribution in [2.45, 2.75) is 25.7 Å². The van der Waals surface area contributed by atoms with Crippen LogP contribution in [0.2, 0.25) is 0 Å². The molecule has 2 rings (SSSR count). The summed E-state index contributed by atoms with van der Waals surface area (Å²) < 4.78 is 0. The molecule has 1 saturated heterocycles. The van der Waals surface area contributed by atoms with E-state index in [2.05, 4.69) is 17.6 Å². The monoisotopic (exact) mass is 278 g/mol. The number of unbranched alkanes of at least 4 members (excludes halogenated alkanes) is 1. The van der Waals surface area contributed by atoms with Gasteiger partial charge in [-0.25, -0.2) is 0 Å². The van der Waals surface area contributed by atoms with Gasteiger partial charge < -0.3 is 10.2 Å². The summed E-state index contributed by atoms with van der Waals surface area (Å²) in [5.74, 6) is 1.46. The molecular weight excluding hydrogens is 256 g/mol. The van der Waals surface area contributed by atoms with Gasteiger partial charge in [-0.2, -0.15) is 11.8 Å². The Morgan fingerprint density at radius 1 is 1.32 bits per heavy atom. The third-order valence-corrected chi connectivity index (χ3v) is 4.06. The minimum Gasteiger partial charge on any atom is -0.383 e. The van der Waals surface area contributed by atoms with Crippen LogP contribution >= 0.6 is 11.8 Å². The summed E-state index contributed by atoms with van der Waals surface area (Å²) in [5.41, 5.74) is 2.12. The van der Waals surface area contributed by atoms with E-state index in [-0.39, 0.29) is 5.91 Å². The van der Waals surface area contributed by atoms with Crippen LogP contribution in [0.3, 0.4) is 0 Å². The predicted octanol–water partition coefficient (Wildman–Crippen LogP) is 3.37. The molecule has 0 unspecified atom stereocenters. The van der Waals surface area contributed by atoms with Crippen molar-refractivity contribution in [3.05, 3.63) is 24.3 Å². The molecule has 0 bridgehead atoms. The molecule has 1 aliphatic rings. The van der Waals surface area contributed by atoms with E-state index in [0.29, 0.717) is 6.42 Å². The number of carbonyl (C=O) groups excluding carboxylic acids is 1. The average Bonchev–Trinajstić information content (AvgIpc) is 2.85. The van der Waals surface area contributed by atoms with Crippen LogP contribution in [0.25, 0.3) is 0 Å². The summed E-state index contributed by atoms with van der Waals surface area (Å²) in [6, 6.07) is 8.12. The van der Waals surface area contributed by atoms with Gasteiger partial charge in [-0.05, 0) is 43.4 Å². The van der Waals surface area contributed by atoms with Crippen LogP contribution in [0.5, 0.6) is 0 Å². The minimum absolute atomic E-state index is 0.247. The zero-order chi connectivity index (χ0) is 13.5. The molecule has 1 amide bonds. The standard InChI is InChI=1S/C15H22N2OS/c1-19-12-5-4-10-16-13-7-2-3-8-14(13)17-11-6-9-15(17)18/h2-3,7-8,16H,4-6,9-12H2,1H3. The zero-order valence-corrected chi connectivity index (χ0v) is 12.3. The van der Waals surface area contributed by atoms with Crippen LogP contribution in [-0.4, -0.2) is 31.0 Å². The molecule has 1 aliphatic heterocycles. The second-order valence-corrected chi connectivity index (χ2v) is 5.78. The fourth-order valence-corrected chi connectivity index (χ4v) is 2.85. The highest BCUT2D eigenvalue weighted by atomic mass is 32.2. The predicted molar refractivity (Wildman–Crippen MR) is 84.1 cm³/mol. The molecule has 1 N–H and O–H groups in total. The third-order valence-electron chi connectivity index (χ3n) is 3.36. The summed E-state index contributed by atoms with van der Waals surface area (Å²) in [5, 5.41) is 3.47. The molecule has 0 radical (unpaired) electrons. The fraction of sp³-hybridized carbons (Fsp3) is 0.533. The van der Waals surface area contributed by atoms with Crippen molar-refractivity contribution in [3.8, 4) is 0 Å². The number of benzene rings is 1. The van der Waals surface area contributed by atoms with Gasteiger partial charge in [0.1, 0.15) is 0 Å². The van der Waals surface area contributed by atoms with Crippen molar-refractivity contribution in [3.63, 3.8) is 0 Å². The number of hydrogen-bond donors (Lipinski definition) is 1. The number of thioether (sulfide) groups is 1. The maximum atomic E-state index is 11.8. The van der Waals surface area contributed by atoms with E-state index in [4.69, 9.17) is 0 Å². The Balaban J connectivity index is 1.94. The highest BCUT2D eigenvalue weighted by Gasteiger charge is 2.23. The lowest BCUT2D eigenvalue weighted by atomic mass is 10.2. The highest BCUT2D eigenvalue weighted by Crippen LogP contribution is 2.29. The van der Waals surface area contributed by atoms with Crippen LogP contribution in [0.4, 0.5) is 11.4 Å². The first-order valence-corrected chi connectivity index (χ1v) is 8.34. The Kier molecular flexibility index (Phi) is 5.58. The maximum Gasteiger partial charge on any atom is 0.227 e. The van der Waals surface area contributed by atoms with Gasteiger partial charge in [0.2, 0.25) is 5.91 Å². The summed E-state index contributed by atoms with van der Waals surface area (Å²) in [6.07, 6.45) is 6.20. The summed E-state index contributed by atoms with van der Waals surface area (Å²) in [6.45, 7) is 1.82. The number of carbonyl (C=O) groups is 1. The van der Waals surface area contributed by atoms with Crippen molar-refractivity contribution < 1.29 is 4.79 Å². The van der Waals surface area contributed by atoms with Gasteiger partial charge in [-0.1, -0.05) is 12.1 Å². The van der Waals surface area contributed by atoms with E-state index in [9.17, 15) is 4.79 Å². The lowest BCUT2D eigenvalue weighted by molar-refractivity contribution is -0.117. The topological polar surface area (TPSA) is 32.3 Å². The minimum atomic E-state index is 0.247. The van der Waals surface area contributed by atoms with Gasteiger partial charge in [0, 0.05) is 19.5 Å². The normalized spacial score (nSPS) is 15.0. The van der Waals surface area contributed by atoms with E-state index in [1.165, 1.54) is 18.6 Å². The van der Waals surface area contributed by atoms with Gasteiger partial charge in [0.15, 0.2) is 0 Å². The molecule has 1 fully saturated rings. The number of hydrogen-bond acceptors (Lipinski definition) is 3. The highest BCUT2D eigenvalue weighted by molar-refractivity contribution is 7.98. The van der Waals surface area contributed by atoms with Gasteiger partial charge in [-0.3, -0.25) is 4.79 Å². The summed E-state index contributed by atoms with van der Waals surface area (Å²) in [7, 11) is 0. The van der Waals surface area contributed by atoms with E-state index in [1.54, 1.807) is 0 Å². The first-order valence-electron chi connectivity index (χ1n) is 6.95. The van der Waals surface area contributed by atoms with Crippen molar-refractivity contribution in [1.29, 1.82) is 0 Å².